The predicted octanol–water partition coefficient (Wildman–Crippen LogP) is 4.31. The van der Waals surface area contributed by atoms with Gasteiger partial charge >= 0.3 is 6.18 Å². The maximum absolute atomic E-state index is 12.7. The molecule has 0 saturated heterocycles. The van der Waals surface area contributed by atoms with Crippen LogP contribution in [-0.2, 0) is 5.54 Å². The molecule has 1 aliphatic rings. The van der Waals surface area contributed by atoms with E-state index in [0.717, 1.165) is 0 Å². The summed E-state index contributed by atoms with van der Waals surface area (Å²) in [6.45, 7) is 0. The van der Waals surface area contributed by atoms with E-state index in [-0.39, 0.29) is 12.8 Å². The summed E-state index contributed by atoms with van der Waals surface area (Å²) < 4.78 is 38.2. The van der Waals surface area contributed by atoms with Gasteiger partial charge in [-0.05, 0) is 30.7 Å². The van der Waals surface area contributed by atoms with Gasteiger partial charge in [0.25, 0.3) is 0 Å². The van der Waals surface area contributed by atoms with E-state index in [4.69, 9.17) is 17.3 Å². The molecule has 0 aliphatic heterocycles. The molecule has 1 saturated carbocycles. The summed E-state index contributed by atoms with van der Waals surface area (Å²) >= 11 is 7.32. The fraction of sp³-hybridized carbons (Fsp3) is 0.636. The summed E-state index contributed by atoms with van der Waals surface area (Å²) in [4.78, 5) is 0.688. The minimum Gasteiger partial charge on any atom is -0.321 e. The van der Waals surface area contributed by atoms with Gasteiger partial charge in [-0.3, -0.25) is 0 Å². The Morgan fingerprint density at radius 2 is 2.18 bits per heavy atom. The number of rotatable bonds is 1. The molecule has 1 nitrogen and oxygen atoms in total. The number of hydrogen-bond donors (Lipinski definition) is 1. The third-order valence-electron chi connectivity index (χ3n) is 3.32. The molecule has 1 fully saturated rings. The summed E-state index contributed by atoms with van der Waals surface area (Å²) in [7, 11) is 0. The lowest BCUT2D eigenvalue weighted by atomic mass is 9.75. The van der Waals surface area contributed by atoms with Crippen molar-refractivity contribution < 1.29 is 13.2 Å². The van der Waals surface area contributed by atoms with Gasteiger partial charge in [0.2, 0.25) is 0 Å². The highest BCUT2D eigenvalue weighted by Crippen LogP contribution is 2.47. The van der Waals surface area contributed by atoms with Crippen LogP contribution >= 0.6 is 22.9 Å². The van der Waals surface area contributed by atoms with Crippen molar-refractivity contribution in [1.82, 2.24) is 0 Å². The third kappa shape index (κ3) is 2.61. The highest BCUT2D eigenvalue weighted by Gasteiger charge is 2.47. The van der Waals surface area contributed by atoms with Gasteiger partial charge in [-0.1, -0.05) is 18.0 Å². The topological polar surface area (TPSA) is 26.0 Å². The first-order chi connectivity index (χ1) is 7.83. The normalized spacial score (nSPS) is 30.5. The summed E-state index contributed by atoms with van der Waals surface area (Å²) in [5, 5.41) is 2.25. The van der Waals surface area contributed by atoms with Crippen molar-refractivity contribution in [2.75, 3.05) is 0 Å². The van der Waals surface area contributed by atoms with Gasteiger partial charge in [-0.15, -0.1) is 11.3 Å². The zero-order valence-electron chi connectivity index (χ0n) is 9.06. The molecular formula is C11H13ClF3NS. The molecule has 0 amide bonds. The van der Waals surface area contributed by atoms with E-state index in [2.05, 4.69) is 0 Å². The van der Waals surface area contributed by atoms with Crippen molar-refractivity contribution in [2.45, 2.75) is 37.4 Å². The Kier molecular flexibility index (Phi) is 3.45. The second-order valence-corrected chi connectivity index (χ2v) is 5.91. The minimum atomic E-state index is -4.16. The van der Waals surface area contributed by atoms with Gasteiger partial charge in [0, 0.05) is 4.88 Å². The Hall–Kier alpha value is -0.260. The molecule has 0 spiro atoms. The molecule has 1 heterocycles. The Labute approximate surface area is 107 Å². The molecule has 96 valence electrons. The summed E-state index contributed by atoms with van der Waals surface area (Å²) in [5.41, 5.74) is 5.23. The first-order valence-corrected chi connectivity index (χ1v) is 6.68. The van der Waals surface area contributed by atoms with Crippen molar-refractivity contribution >= 4 is 22.9 Å². The van der Waals surface area contributed by atoms with Gasteiger partial charge in [-0.25, -0.2) is 0 Å². The van der Waals surface area contributed by atoms with Crippen molar-refractivity contribution in [1.29, 1.82) is 0 Å². The van der Waals surface area contributed by atoms with Gasteiger partial charge in [-0.2, -0.15) is 13.2 Å². The van der Waals surface area contributed by atoms with Crippen LogP contribution in [0.5, 0.6) is 0 Å². The van der Waals surface area contributed by atoms with E-state index in [1.165, 1.54) is 11.3 Å². The Morgan fingerprint density at radius 1 is 1.47 bits per heavy atom. The van der Waals surface area contributed by atoms with Crippen LogP contribution in [0.2, 0.25) is 5.02 Å². The van der Waals surface area contributed by atoms with Crippen LogP contribution in [-0.4, -0.2) is 6.18 Å². The van der Waals surface area contributed by atoms with Crippen LogP contribution in [0.1, 0.15) is 30.6 Å². The van der Waals surface area contributed by atoms with E-state index in [0.29, 0.717) is 22.7 Å². The zero-order valence-corrected chi connectivity index (χ0v) is 10.6. The fourth-order valence-corrected chi connectivity index (χ4v) is 3.84. The van der Waals surface area contributed by atoms with Crippen molar-refractivity contribution in [2.24, 2.45) is 11.7 Å². The van der Waals surface area contributed by atoms with Crippen LogP contribution in [0.25, 0.3) is 0 Å². The fourth-order valence-electron chi connectivity index (χ4n) is 2.44. The minimum absolute atomic E-state index is 0.0588. The Balaban J connectivity index is 2.24. The smallest absolute Gasteiger partial charge is 0.321 e. The molecule has 0 aromatic carbocycles. The molecule has 0 bridgehead atoms. The second-order valence-electron chi connectivity index (χ2n) is 4.59. The second kappa shape index (κ2) is 4.44. The standard InChI is InChI=1S/C11H13ClF3NS/c12-8-3-5-17-9(8)10(16)4-1-2-7(6-10)11(13,14)15/h3,5,7H,1-2,4,6,16H2. The number of nitrogens with two attached hydrogens (primary N) is 1. The van der Waals surface area contributed by atoms with Crippen LogP contribution in [0, 0.1) is 5.92 Å². The van der Waals surface area contributed by atoms with E-state index < -0.39 is 17.6 Å². The van der Waals surface area contributed by atoms with Crippen LogP contribution < -0.4 is 5.73 Å². The van der Waals surface area contributed by atoms with Gasteiger partial charge in [0.1, 0.15) is 0 Å². The predicted molar refractivity (Wildman–Crippen MR) is 63.2 cm³/mol. The highest BCUT2D eigenvalue weighted by atomic mass is 35.5. The lowest BCUT2D eigenvalue weighted by Gasteiger charge is -2.38. The zero-order chi connectivity index (χ0) is 12.7. The van der Waals surface area contributed by atoms with Gasteiger partial charge < -0.3 is 5.73 Å². The van der Waals surface area contributed by atoms with E-state index in [9.17, 15) is 13.2 Å². The molecular weight excluding hydrogens is 271 g/mol. The Bertz CT molecular complexity index is 404. The maximum atomic E-state index is 12.7. The molecule has 2 unspecified atom stereocenters. The molecule has 2 atom stereocenters. The third-order valence-corrected chi connectivity index (χ3v) is 4.88. The summed E-state index contributed by atoms with van der Waals surface area (Å²) in [6, 6.07) is 1.69. The van der Waals surface area contributed by atoms with Gasteiger partial charge in [0.05, 0.1) is 16.5 Å². The van der Waals surface area contributed by atoms with Crippen LogP contribution in [0.15, 0.2) is 11.4 Å². The molecule has 0 radical (unpaired) electrons. The first-order valence-electron chi connectivity index (χ1n) is 5.42. The largest absolute Gasteiger partial charge is 0.391 e. The lowest BCUT2D eigenvalue weighted by Crippen LogP contribution is -2.44. The van der Waals surface area contributed by atoms with E-state index in [1.807, 2.05) is 0 Å². The van der Waals surface area contributed by atoms with Crippen LogP contribution in [0.4, 0.5) is 13.2 Å². The number of halogens is 4. The molecule has 6 heteroatoms. The first kappa shape index (κ1) is 13.2. The van der Waals surface area contributed by atoms with Crippen molar-refractivity contribution in [3.8, 4) is 0 Å². The lowest BCUT2D eigenvalue weighted by molar-refractivity contribution is -0.187. The van der Waals surface area contributed by atoms with E-state index in [1.54, 1.807) is 11.4 Å². The van der Waals surface area contributed by atoms with E-state index >= 15 is 0 Å². The SMILES string of the molecule is NC1(c2sccc2Cl)CCCC(C(F)(F)F)C1. The monoisotopic (exact) mass is 283 g/mol. The number of alkyl halides is 3. The molecule has 17 heavy (non-hydrogen) atoms. The highest BCUT2D eigenvalue weighted by molar-refractivity contribution is 7.10. The number of thiophene rings is 1. The molecule has 1 aromatic rings. The molecule has 2 rings (SSSR count). The molecule has 1 aliphatic carbocycles. The maximum Gasteiger partial charge on any atom is 0.391 e. The summed E-state index contributed by atoms with van der Waals surface area (Å²) in [6.07, 6.45) is -2.98. The van der Waals surface area contributed by atoms with Crippen molar-refractivity contribution in [3.05, 3.63) is 21.3 Å². The summed E-state index contributed by atoms with van der Waals surface area (Å²) in [5.74, 6) is -1.31. The quantitative estimate of drug-likeness (QED) is 0.817. The Morgan fingerprint density at radius 3 is 2.71 bits per heavy atom. The molecule has 1 aromatic heterocycles. The average molecular weight is 284 g/mol. The van der Waals surface area contributed by atoms with Gasteiger partial charge in [0.15, 0.2) is 0 Å². The van der Waals surface area contributed by atoms with Crippen LogP contribution in [0.3, 0.4) is 0 Å². The van der Waals surface area contributed by atoms with Crippen molar-refractivity contribution in [3.63, 3.8) is 0 Å². The average Bonchev–Trinajstić information content (AvgIpc) is 2.64. The molecule has 2 N–H and O–H groups in total. The number of hydrogen-bond acceptors (Lipinski definition) is 2.